The topological polar surface area (TPSA) is 59.3 Å². The molecule has 0 unspecified atom stereocenters. The number of rotatable bonds is 3. The summed E-state index contributed by atoms with van der Waals surface area (Å²) in [4.78, 5) is 17.2. The molecule has 0 spiro atoms. The van der Waals surface area contributed by atoms with Crippen LogP contribution in [-0.4, -0.2) is 23.0 Å². The van der Waals surface area contributed by atoms with E-state index < -0.39 is 4.92 Å². The van der Waals surface area contributed by atoms with E-state index in [0.29, 0.717) is 0 Å². The maximum absolute atomic E-state index is 10.7. The zero-order chi connectivity index (χ0) is 13.9. The monoisotopic (exact) mass is 269 g/mol. The van der Waals surface area contributed by atoms with Gasteiger partial charge in [-0.05, 0) is 37.1 Å². The Kier molecular flexibility index (Phi) is 3.33. The summed E-state index contributed by atoms with van der Waals surface area (Å²) >= 11 is 0. The Balaban J connectivity index is 1.89. The number of non-ortho nitro benzene ring substituents is 1. The number of nitro groups is 1. The van der Waals surface area contributed by atoms with E-state index in [1.165, 1.54) is 25.0 Å². The molecule has 0 radical (unpaired) electrons. The van der Waals surface area contributed by atoms with Gasteiger partial charge in [0.25, 0.3) is 5.69 Å². The van der Waals surface area contributed by atoms with Crippen molar-refractivity contribution < 1.29 is 4.92 Å². The number of hydrogen-bond donors (Lipinski definition) is 0. The van der Waals surface area contributed by atoms with E-state index in [1.54, 1.807) is 12.1 Å². The second-order valence-electron chi connectivity index (χ2n) is 4.88. The summed E-state index contributed by atoms with van der Waals surface area (Å²) < 4.78 is 0. The third-order valence-corrected chi connectivity index (χ3v) is 3.54. The van der Waals surface area contributed by atoms with Crippen molar-refractivity contribution in [3.63, 3.8) is 0 Å². The first-order chi connectivity index (χ1) is 9.74. The molecule has 0 aliphatic carbocycles. The number of aromatic nitrogens is 1. The first-order valence-electron chi connectivity index (χ1n) is 6.71. The largest absolute Gasteiger partial charge is 0.357 e. The summed E-state index contributed by atoms with van der Waals surface area (Å²) in [6.45, 7) is 2.10. The molecule has 1 fully saturated rings. The van der Waals surface area contributed by atoms with Gasteiger partial charge in [-0.2, -0.15) is 0 Å². The maximum Gasteiger partial charge on any atom is 0.269 e. The molecule has 102 valence electrons. The zero-order valence-electron chi connectivity index (χ0n) is 11.0. The fraction of sp³-hybridized carbons (Fsp3) is 0.267. The Morgan fingerprint density at radius 1 is 1.05 bits per heavy atom. The Labute approximate surface area is 117 Å². The van der Waals surface area contributed by atoms with Gasteiger partial charge in [0.1, 0.15) is 5.82 Å². The molecular formula is C15H15N3O2. The molecule has 5 heteroatoms. The smallest absolute Gasteiger partial charge is 0.269 e. The molecule has 0 saturated carbocycles. The highest BCUT2D eigenvalue weighted by atomic mass is 16.6. The third kappa shape index (κ3) is 2.47. The number of anilines is 1. The summed E-state index contributed by atoms with van der Waals surface area (Å²) in [5, 5.41) is 10.7. The summed E-state index contributed by atoms with van der Waals surface area (Å²) in [7, 11) is 0. The maximum atomic E-state index is 10.7. The van der Waals surface area contributed by atoms with Crippen LogP contribution in [0, 0.1) is 10.1 Å². The van der Waals surface area contributed by atoms with Crippen molar-refractivity contribution >= 4 is 11.5 Å². The van der Waals surface area contributed by atoms with E-state index >= 15 is 0 Å². The molecule has 1 aliphatic heterocycles. The highest BCUT2D eigenvalue weighted by Gasteiger charge is 2.14. The Hall–Kier alpha value is -2.43. The van der Waals surface area contributed by atoms with E-state index in [2.05, 4.69) is 9.88 Å². The van der Waals surface area contributed by atoms with Gasteiger partial charge in [-0.25, -0.2) is 4.98 Å². The quantitative estimate of drug-likeness (QED) is 0.634. The molecule has 0 N–H and O–H groups in total. The molecular weight excluding hydrogens is 254 g/mol. The van der Waals surface area contributed by atoms with Crippen molar-refractivity contribution in [2.45, 2.75) is 12.8 Å². The minimum Gasteiger partial charge on any atom is -0.357 e. The van der Waals surface area contributed by atoms with E-state index in [-0.39, 0.29) is 5.69 Å². The minimum absolute atomic E-state index is 0.101. The van der Waals surface area contributed by atoms with Crippen molar-refractivity contribution in [2.75, 3.05) is 18.0 Å². The van der Waals surface area contributed by atoms with Crippen LogP contribution in [0.1, 0.15) is 12.8 Å². The van der Waals surface area contributed by atoms with Crippen LogP contribution in [0.5, 0.6) is 0 Å². The van der Waals surface area contributed by atoms with Crippen LogP contribution in [0.15, 0.2) is 42.5 Å². The highest BCUT2D eigenvalue weighted by Crippen LogP contribution is 2.24. The van der Waals surface area contributed by atoms with E-state index in [4.69, 9.17) is 0 Å². The van der Waals surface area contributed by atoms with Crippen LogP contribution in [0.3, 0.4) is 0 Å². The standard InChI is InChI=1S/C15H15N3O2/c19-18(20)13-8-6-12(7-9-13)14-4-3-5-15(16-14)17-10-1-2-11-17/h3-9H,1-2,10-11H2. The lowest BCUT2D eigenvalue weighted by Gasteiger charge is -2.16. The Morgan fingerprint density at radius 3 is 2.40 bits per heavy atom. The predicted molar refractivity (Wildman–Crippen MR) is 77.8 cm³/mol. The van der Waals surface area contributed by atoms with Gasteiger partial charge >= 0.3 is 0 Å². The normalized spacial score (nSPS) is 14.5. The molecule has 1 aliphatic rings. The second-order valence-corrected chi connectivity index (χ2v) is 4.88. The summed E-state index contributed by atoms with van der Waals surface area (Å²) in [6.07, 6.45) is 2.42. The number of hydrogen-bond acceptors (Lipinski definition) is 4. The molecule has 0 bridgehead atoms. The summed E-state index contributed by atoms with van der Waals surface area (Å²) in [5.74, 6) is 0.985. The molecule has 0 atom stereocenters. The molecule has 2 aromatic rings. The van der Waals surface area contributed by atoms with Gasteiger partial charge < -0.3 is 4.90 Å². The van der Waals surface area contributed by atoms with Crippen LogP contribution < -0.4 is 4.90 Å². The lowest BCUT2D eigenvalue weighted by Crippen LogP contribution is -2.18. The first kappa shape index (κ1) is 12.6. The van der Waals surface area contributed by atoms with Gasteiger partial charge in [0.2, 0.25) is 0 Å². The van der Waals surface area contributed by atoms with Crippen molar-refractivity contribution in [3.8, 4) is 11.3 Å². The van der Waals surface area contributed by atoms with Crippen LogP contribution >= 0.6 is 0 Å². The molecule has 1 saturated heterocycles. The van der Waals surface area contributed by atoms with E-state index in [9.17, 15) is 10.1 Å². The zero-order valence-corrected chi connectivity index (χ0v) is 11.0. The average molecular weight is 269 g/mol. The molecule has 3 rings (SSSR count). The van der Waals surface area contributed by atoms with Gasteiger partial charge in [0, 0.05) is 30.8 Å². The van der Waals surface area contributed by atoms with Crippen LogP contribution in [0.2, 0.25) is 0 Å². The highest BCUT2D eigenvalue weighted by molar-refractivity contribution is 5.63. The van der Waals surface area contributed by atoms with Crippen molar-refractivity contribution in [2.24, 2.45) is 0 Å². The third-order valence-electron chi connectivity index (χ3n) is 3.54. The predicted octanol–water partition coefficient (Wildman–Crippen LogP) is 3.26. The van der Waals surface area contributed by atoms with Crippen molar-refractivity contribution in [1.82, 2.24) is 4.98 Å². The van der Waals surface area contributed by atoms with Crippen molar-refractivity contribution in [1.29, 1.82) is 0 Å². The summed E-state index contributed by atoms with van der Waals surface area (Å²) in [6, 6.07) is 12.4. The Bertz CT molecular complexity index is 619. The van der Waals surface area contributed by atoms with E-state index in [1.807, 2.05) is 18.2 Å². The van der Waals surface area contributed by atoms with E-state index in [0.717, 1.165) is 30.2 Å². The number of pyridine rings is 1. The van der Waals surface area contributed by atoms with Crippen LogP contribution in [0.25, 0.3) is 11.3 Å². The lowest BCUT2D eigenvalue weighted by molar-refractivity contribution is -0.384. The molecule has 1 aromatic heterocycles. The minimum atomic E-state index is -0.391. The first-order valence-corrected chi connectivity index (χ1v) is 6.71. The molecule has 20 heavy (non-hydrogen) atoms. The van der Waals surface area contributed by atoms with Gasteiger partial charge in [-0.15, -0.1) is 0 Å². The SMILES string of the molecule is O=[N+]([O-])c1ccc(-c2cccc(N3CCCC3)n2)cc1. The molecule has 1 aromatic carbocycles. The fourth-order valence-corrected chi connectivity index (χ4v) is 2.46. The Morgan fingerprint density at radius 2 is 1.75 bits per heavy atom. The van der Waals surface area contributed by atoms with Crippen molar-refractivity contribution in [3.05, 3.63) is 52.6 Å². The van der Waals surface area contributed by atoms with Gasteiger partial charge in [0.05, 0.1) is 10.6 Å². The van der Waals surface area contributed by atoms with Gasteiger partial charge in [-0.1, -0.05) is 6.07 Å². The van der Waals surface area contributed by atoms with Gasteiger partial charge in [-0.3, -0.25) is 10.1 Å². The average Bonchev–Trinajstić information content (AvgIpc) is 3.02. The molecule has 2 heterocycles. The van der Waals surface area contributed by atoms with Crippen LogP contribution in [-0.2, 0) is 0 Å². The molecule has 5 nitrogen and oxygen atoms in total. The fourth-order valence-electron chi connectivity index (χ4n) is 2.46. The molecule has 0 amide bonds. The van der Waals surface area contributed by atoms with Crippen LogP contribution in [0.4, 0.5) is 11.5 Å². The number of benzene rings is 1. The van der Waals surface area contributed by atoms with Gasteiger partial charge in [0.15, 0.2) is 0 Å². The number of nitrogens with zero attached hydrogens (tertiary/aromatic N) is 3. The summed E-state index contributed by atoms with van der Waals surface area (Å²) in [5.41, 5.74) is 1.85. The number of nitro benzene ring substituents is 1. The lowest BCUT2D eigenvalue weighted by atomic mass is 10.1. The second kappa shape index (κ2) is 5.28.